The Kier molecular flexibility index (Phi) is 5.97. The van der Waals surface area contributed by atoms with Gasteiger partial charge in [0.15, 0.2) is 5.16 Å². The van der Waals surface area contributed by atoms with Crippen LogP contribution in [-0.4, -0.2) is 47.8 Å². The number of hydrogen-bond donors (Lipinski definition) is 0. The maximum absolute atomic E-state index is 13.4. The zero-order valence-corrected chi connectivity index (χ0v) is 19.7. The number of benzene rings is 1. The Balaban J connectivity index is 1.53. The highest BCUT2D eigenvalue weighted by molar-refractivity contribution is 7.99. The SMILES string of the molecule is C[C@H]1CCC[C@H](C)N1C(=O)CSc1nnc2n(C3CCCCC3)c(=O)c3ccccc3n12. The van der Waals surface area contributed by atoms with Gasteiger partial charge < -0.3 is 4.90 Å². The lowest BCUT2D eigenvalue weighted by Gasteiger charge is -2.39. The first-order chi connectivity index (χ1) is 15.6. The van der Waals surface area contributed by atoms with Gasteiger partial charge in [-0.3, -0.25) is 18.6 Å². The second-order valence-corrected chi connectivity index (χ2v) is 10.3. The number of amides is 1. The molecule has 2 aromatic heterocycles. The van der Waals surface area contributed by atoms with Crippen molar-refractivity contribution in [1.29, 1.82) is 0 Å². The predicted octanol–water partition coefficient (Wildman–Crippen LogP) is 4.43. The monoisotopic (exact) mass is 453 g/mol. The number of rotatable bonds is 4. The summed E-state index contributed by atoms with van der Waals surface area (Å²) in [4.78, 5) is 28.5. The first-order valence-corrected chi connectivity index (χ1v) is 12.9. The molecule has 0 N–H and O–H groups in total. The Labute approximate surface area is 192 Å². The van der Waals surface area contributed by atoms with Crippen molar-refractivity contribution in [3.8, 4) is 0 Å². The molecule has 1 saturated heterocycles. The van der Waals surface area contributed by atoms with Gasteiger partial charge >= 0.3 is 0 Å². The number of hydrogen-bond acceptors (Lipinski definition) is 5. The number of thioether (sulfide) groups is 1. The lowest BCUT2D eigenvalue weighted by Crippen LogP contribution is -2.48. The zero-order valence-electron chi connectivity index (χ0n) is 18.9. The third kappa shape index (κ3) is 3.72. The lowest BCUT2D eigenvalue weighted by atomic mass is 9.95. The molecule has 3 heterocycles. The topological polar surface area (TPSA) is 72.5 Å². The molecule has 1 amide bonds. The van der Waals surface area contributed by atoms with E-state index in [9.17, 15) is 9.59 Å². The van der Waals surface area contributed by atoms with Crippen LogP contribution < -0.4 is 5.56 Å². The van der Waals surface area contributed by atoms with E-state index in [4.69, 9.17) is 0 Å². The maximum atomic E-state index is 13.4. The minimum atomic E-state index is 0.0102. The summed E-state index contributed by atoms with van der Waals surface area (Å²) in [6.45, 7) is 4.28. The van der Waals surface area contributed by atoms with Crippen LogP contribution in [0.1, 0.15) is 71.3 Å². The lowest BCUT2D eigenvalue weighted by molar-refractivity contribution is -0.134. The summed E-state index contributed by atoms with van der Waals surface area (Å²) in [5.41, 5.74) is 0.815. The van der Waals surface area contributed by atoms with Crippen LogP contribution in [0, 0.1) is 0 Å². The predicted molar refractivity (Wildman–Crippen MR) is 127 cm³/mol. The molecule has 0 radical (unpaired) electrons. The van der Waals surface area contributed by atoms with Crippen LogP contribution in [0.15, 0.2) is 34.2 Å². The van der Waals surface area contributed by atoms with Gasteiger partial charge in [0.25, 0.3) is 5.56 Å². The minimum absolute atomic E-state index is 0.0102. The Bertz CT molecular complexity index is 1190. The largest absolute Gasteiger partial charge is 0.337 e. The van der Waals surface area contributed by atoms with Gasteiger partial charge in [0.2, 0.25) is 11.7 Å². The number of fused-ring (bicyclic) bond motifs is 3. The van der Waals surface area contributed by atoms with Crippen molar-refractivity contribution in [1.82, 2.24) is 24.1 Å². The van der Waals surface area contributed by atoms with E-state index < -0.39 is 0 Å². The second kappa shape index (κ2) is 8.89. The number of nitrogens with zero attached hydrogens (tertiary/aromatic N) is 5. The van der Waals surface area contributed by atoms with E-state index in [2.05, 4.69) is 24.0 Å². The van der Waals surface area contributed by atoms with E-state index in [1.54, 1.807) is 0 Å². The average Bonchev–Trinajstić information content (AvgIpc) is 3.22. The van der Waals surface area contributed by atoms with Crippen LogP contribution in [0.4, 0.5) is 0 Å². The van der Waals surface area contributed by atoms with Crippen molar-refractivity contribution in [2.75, 3.05) is 5.75 Å². The molecule has 3 aromatic rings. The third-order valence-corrected chi connectivity index (χ3v) is 8.09. The van der Waals surface area contributed by atoms with Crippen molar-refractivity contribution in [3.63, 3.8) is 0 Å². The number of para-hydroxylation sites is 1. The van der Waals surface area contributed by atoms with Crippen LogP contribution in [0.2, 0.25) is 0 Å². The van der Waals surface area contributed by atoms with Gasteiger partial charge in [-0.25, -0.2) is 0 Å². The molecule has 2 atom stereocenters. The molecule has 1 saturated carbocycles. The molecule has 1 aliphatic heterocycles. The molecule has 2 aliphatic rings. The molecule has 8 heteroatoms. The van der Waals surface area contributed by atoms with Crippen molar-refractivity contribution < 1.29 is 4.79 Å². The van der Waals surface area contributed by atoms with Crippen LogP contribution in [0.5, 0.6) is 0 Å². The van der Waals surface area contributed by atoms with Crippen LogP contribution >= 0.6 is 11.8 Å². The molecule has 32 heavy (non-hydrogen) atoms. The van der Waals surface area contributed by atoms with Crippen LogP contribution in [0.25, 0.3) is 16.7 Å². The van der Waals surface area contributed by atoms with Gasteiger partial charge in [-0.05, 0) is 58.1 Å². The van der Waals surface area contributed by atoms with Crippen LogP contribution in [0.3, 0.4) is 0 Å². The number of piperidine rings is 1. The van der Waals surface area contributed by atoms with Gasteiger partial charge in [-0.15, -0.1) is 10.2 Å². The van der Waals surface area contributed by atoms with E-state index in [0.29, 0.717) is 22.1 Å². The van der Waals surface area contributed by atoms with E-state index in [1.807, 2.05) is 38.1 Å². The summed E-state index contributed by atoms with van der Waals surface area (Å²) in [6, 6.07) is 8.37. The number of aromatic nitrogens is 4. The Morgan fingerprint density at radius 2 is 1.72 bits per heavy atom. The molecule has 0 spiro atoms. The Morgan fingerprint density at radius 1 is 1.00 bits per heavy atom. The highest BCUT2D eigenvalue weighted by Crippen LogP contribution is 2.31. The molecule has 2 fully saturated rings. The minimum Gasteiger partial charge on any atom is -0.337 e. The molecule has 7 nitrogen and oxygen atoms in total. The number of carbonyl (C=O) groups excluding carboxylic acids is 1. The second-order valence-electron chi connectivity index (χ2n) is 9.32. The molecule has 1 aromatic carbocycles. The standard InChI is InChI=1S/C24H31N5O2S/c1-16-9-8-10-17(2)27(16)21(30)15-32-24-26-25-23-28(18-11-4-3-5-12-18)22(31)19-13-6-7-14-20(19)29(23)24/h6-7,13-14,16-18H,3-5,8-12,15H2,1-2H3/t16-,17-/m0/s1. The molecular weight excluding hydrogens is 422 g/mol. The van der Waals surface area contributed by atoms with Crippen molar-refractivity contribution in [2.45, 2.75) is 88.5 Å². The maximum Gasteiger partial charge on any atom is 0.263 e. The number of carbonyl (C=O) groups is 1. The number of likely N-dealkylation sites (tertiary alicyclic amines) is 1. The van der Waals surface area contributed by atoms with Gasteiger partial charge in [0.1, 0.15) is 0 Å². The first kappa shape index (κ1) is 21.5. The van der Waals surface area contributed by atoms with E-state index in [0.717, 1.165) is 44.0 Å². The molecule has 0 unspecified atom stereocenters. The van der Waals surface area contributed by atoms with Gasteiger partial charge in [-0.2, -0.15) is 0 Å². The highest BCUT2D eigenvalue weighted by atomic mass is 32.2. The summed E-state index contributed by atoms with van der Waals surface area (Å²) in [6.07, 6.45) is 8.77. The van der Waals surface area contributed by atoms with E-state index in [-0.39, 0.29) is 29.6 Å². The zero-order chi connectivity index (χ0) is 22.2. The van der Waals surface area contributed by atoms with Crippen LogP contribution in [-0.2, 0) is 4.79 Å². The Morgan fingerprint density at radius 3 is 2.47 bits per heavy atom. The Hall–Kier alpha value is -2.35. The highest BCUT2D eigenvalue weighted by Gasteiger charge is 2.29. The normalized spacial score (nSPS) is 22.6. The quantitative estimate of drug-likeness (QED) is 0.547. The molecular formula is C24H31N5O2S. The fourth-order valence-corrected chi connectivity index (χ4v) is 6.38. The summed E-state index contributed by atoms with van der Waals surface area (Å²) < 4.78 is 3.83. The van der Waals surface area contributed by atoms with Gasteiger partial charge in [-0.1, -0.05) is 43.2 Å². The molecule has 170 valence electrons. The average molecular weight is 454 g/mol. The summed E-state index contributed by atoms with van der Waals surface area (Å²) >= 11 is 1.42. The smallest absolute Gasteiger partial charge is 0.263 e. The summed E-state index contributed by atoms with van der Waals surface area (Å²) in [5, 5.41) is 10.2. The summed E-state index contributed by atoms with van der Waals surface area (Å²) in [5.74, 6) is 1.07. The van der Waals surface area contributed by atoms with Crippen molar-refractivity contribution in [3.05, 3.63) is 34.6 Å². The molecule has 0 bridgehead atoms. The van der Waals surface area contributed by atoms with Crippen molar-refractivity contribution >= 4 is 34.3 Å². The van der Waals surface area contributed by atoms with Crippen molar-refractivity contribution in [2.24, 2.45) is 0 Å². The van der Waals surface area contributed by atoms with E-state index >= 15 is 0 Å². The summed E-state index contributed by atoms with van der Waals surface area (Å²) in [7, 11) is 0. The fraction of sp³-hybridized carbons (Fsp3) is 0.583. The molecule has 1 aliphatic carbocycles. The van der Waals surface area contributed by atoms with Gasteiger partial charge in [0, 0.05) is 18.1 Å². The molecule has 5 rings (SSSR count). The first-order valence-electron chi connectivity index (χ1n) is 11.9. The third-order valence-electron chi connectivity index (χ3n) is 7.17. The van der Waals surface area contributed by atoms with Gasteiger partial charge in [0.05, 0.1) is 16.7 Å². The fourth-order valence-electron chi connectivity index (χ4n) is 5.57. The van der Waals surface area contributed by atoms with E-state index in [1.165, 1.54) is 24.6 Å².